The second-order valence-electron chi connectivity index (χ2n) is 7.85. The minimum atomic E-state index is -0.240. The molecular formula is C28H26N2O2S. The Labute approximate surface area is 198 Å². The summed E-state index contributed by atoms with van der Waals surface area (Å²) in [5.74, 6) is 0.652. The summed E-state index contributed by atoms with van der Waals surface area (Å²) in [4.78, 5) is 13.4. The number of benzene rings is 4. The van der Waals surface area contributed by atoms with Gasteiger partial charge in [-0.25, -0.2) is 5.43 Å². The molecule has 0 unspecified atom stereocenters. The SMILES string of the molecule is Cc1ccc(S[C@H](C)C(=O)N/N=C\c2ccc(OCc3ccc4ccccc4c3)cc2)cc1. The molecule has 166 valence electrons. The van der Waals surface area contributed by atoms with Crippen LogP contribution >= 0.6 is 11.8 Å². The number of ether oxygens (including phenoxy) is 1. The molecule has 0 aliphatic rings. The van der Waals surface area contributed by atoms with E-state index < -0.39 is 0 Å². The van der Waals surface area contributed by atoms with Crippen molar-refractivity contribution in [3.8, 4) is 5.75 Å². The van der Waals surface area contributed by atoms with E-state index in [0.29, 0.717) is 6.61 Å². The molecule has 0 bridgehead atoms. The average molecular weight is 455 g/mol. The molecule has 4 nitrogen and oxygen atoms in total. The monoisotopic (exact) mass is 454 g/mol. The van der Waals surface area contributed by atoms with Crippen LogP contribution in [-0.2, 0) is 11.4 Å². The van der Waals surface area contributed by atoms with Gasteiger partial charge in [-0.1, -0.05) is 54.1 Å². The van der Waals surface area contributed by atoms with E-state index in [1.807, 2.05) is 74.5 Å². The van der Waals surface area contributed by atoms with Gasteiger partial charge in [-0.2, -0.15) is 5.10 Å². The number of hydrazone groups is 1. The summed E-state index contributed by atoms with van der Waals surface area (Å²) in [5, 5.41) is 6.28. The topological polar surface area (TPSA) is 50.7 Å². The fourth-order valence-corrected chi connectivity index (χ4v) is 4.14. The molecule has 1 N–H and O–H groups in total. The van der Waals surface area contributed by atoms with Gasteiger partial charge in [-0.05, 0) is 78.2 Å². The van der Waals surface area contributed by atoms with Crippen LogP contribution in [0, 0.1) is 6.92 Å². The van der Waals surface area contributed by atoms with Crippen LogP contribution in [0.2, 0.25) is 0 Å². The zero-order valence-electron chi connectivity index (χ0n) is 18.7. The maximum absolute atomic E-state index is 12.3. The highest BCUT2D eigenvalue weighted by Gasteiger charge is 2.13. The number of thioether (sulfide) groups is 1. The number of aryl methyl sites for hydroxylation is 1. The van der Waals surface area contributed by atoms with Crippen molar-refractivity contribution in [3.63, 3.8) is 0 Å². The van der Waals surface area contributed by atoms with Crippen molar-refractivity contribution in [3.05, 3.63) is 108 Å². The van der Waals surface area contributed by atoms with Crippen molar-refractivity contribution < 1.29 is 9.53 Å². The molecule has 4 rings (SSSR count). The lowest BCUT2D eigenvalue weighted by Crippen LogP contribution is -2.26. The van der Waals surface area contributed by atoms with Gasteiger partial charge in [0.05, 0.1) is 11.5 Å². The lowest BCUT2D eigenvalue weighted by molar-refractivity contribution is -0.120. The molecule has 0 heterocycles. The number of carbonyl (C=O) groups excluding carboxylic acids is 1. The van der Waals surface area contributed by atoms with E-state index in [1.54, 1.807) is 6.21 Å². The lowest BCUT2D eigenvalue weighted by Gasteiger charge is -2.09. The molecule has 4 aromatic rings. The molecule has 1 amide bonds. The van der Waals surface area contributed by atoms with Gasteiger partial charge in [-0.15, -0.1) is 11.8 Å². The van der Waals surface area contributed by atoms with E-state index >= 15 is 0 Å². The molecule has 0 spiro atoms. The van der Waals surface area contributed by atoms with Crippen LogP contribution in [0.15, 0.2) is 101 Å². The van der Waals surface area contributed by atoms with Crippen molar-refractivity contribution >= 4 is 34.7 Å². The van der Waals surface area contributed by atoms with Crippen molar-refractivity contribution in [1.29, 1.82) is 0 Å². The highest BCUT2D eigenvalue weighted by molar-refractivity contribution is 8.00. The summed E-state index contributed by atoms with van der Waals surface area (Å²) >= 11 is 1.51. The Morgan fingerprint density at radius 2 is 1.70 bits per heavy atom. The first kappa shape index (κ1) is 22.6. The van der Waals surface area contributed by atoms with Crippen LogP contribution in [0.1, 0.15) is 23.6 Å². The Morgan fingerprint density at radius 1 is 0.970 bits per heavy atom. The molecule has 5 heteroatoms. The normalized spacial score (nSPS) is 12.1. The molecule has 0 fully saturated rings. The van der Waals surface area contributed by atoms with Crippen LogP contribution in [-0.4, -0.2) is 17.4 Å². The number of hydrogen-bond donors (Lipinski definition) is 1. The maximum atomic E-state index is 12.3. The summed E-state index contributed by atoms with van der Waals surface area (Å²) in [5.41, 5.74) is 5.82. The molecule has 0 saturated carbocycles. The zero-order valence-corrected chi connectivity index (χ0v) is 19.5. The molecular weight excluding hydrogens is 428 g/mol. The average Bonchev–Trinajstić information content (AvgIpc) is 2.84. The Morgan fingerprint density at radius 3 is 2.45 bits per heavy atom. The first-order chi connectivity index (χ1) is 16.1. The molecule has 0 aliphatic carbocycles. The van der Waals surface area contributed by atoms with Crippen LogP contribution in [0.3, 0.4) is 0 Å². The fraction of sp³-hybridized carbons (Fsp3) is 0.143. The van der Waals surface area contributed by atoms with E-state index in [9.17, 15) is 4.79 Å². The summed E-state index contributed by atoms with van der Waals surface area (Å²) in [6, 6.07) is 30.4. The van der Waals surface area contributed by atoms with Gasteiger partial charge >= 0.3 is 0 Å². The smallest absolute Gasteiger partial charge is 0.253 e. The highest BCUT2D eigenvalue weighted by Crippen LogP contribution is 2.23. The number of carbonyl (C=O) groups is 1. The van der Waals surface area contributed by atoms with Gasteiger partial charge in [0.1, 0.15) is 12.4 Å². The summed E-state index contributed by atoms with van der Waals surface area (Å²) in [6.07, 6.45) is 1.63. The van der Waals surface area contributed by atoms with Crippen LogP contribution in [0.25, 0.3) is 10.8 Å². The second kappa shape index (κ2) is 10.8. The lowest BCUT2D eigenvalue weighted by atomic mass is 10.1. The first-order valence-corrected chi connectivity index (χ1v) is 11.7. The molecule has 4 aromatic carbocycles. The molecule has 0 aliphatic heterocycles. The quantitative estimate of drug-likeness (QED) is 0.191. The molecule has 1 atom stereocenters. The third kappa shape index (κ3) is 6.46. The van der Waals surface area contributed by atoms with Crippen molar-refractivity contribution in [2.75, 3.05) is 0 Å². The summed E-state index contributed by atoms with van der Waals surface area (Å²) in [7, 11) is 0. The fourth-order valence-electron chi connectivity index (χ4n) is 3.28. The number of fused-ring (bicyclic) bond motifs is 1. The predicted octanol–water partition coefficient (Wildman–Crippen LogP) is 6.36. The minimum absolute atomic E-state index is 0.132. The van der Waals surface area contributed by atoms with Gasteiger partial charge in [0, 0.05) is 4.90 Å². The number of nitrogens with zero attached hydrogens (tertiary/aromatic N) is 1. The van der Waals surface area contributed by atoms with Crippen LogP contribution in [0.5, 0.6) is 5.75 Å². The largest absolute Gasteiger partial charge is 0.489 e. The van der Waals surface area contributed by atoms with Gasteiger partial charge in [0.25, 0.3) is 5.91 Å². The third-order valence-corrected chi connectivity index (χ3v) is 6.30. The first-order valence-electron chi connectivity index (χ1n) is 10.8. The van der Waals surface area contributed by atoms with Gasteiger partial charge in [0.15, 0.2) is 0 Å². The Balaban J connectivity index is 1.26. The number of hydrogen-bond acceptors (Lipinski definition) is 4. The van der Waals surface area contributed by atoms with Gasteiger partial charge in [-0.3, -0.25) is 4.79 Å². The molecule has 0 radical (unpaired) electrons. The van der Waals surface area contributed by atoms with Crippen LogP contribution < -0.4 is 10.2 Å². The zero-order chi connectivity index (χ0) is 23.0. The molecule has 0 saturated heterocycles. The highest BCUT2D eigenvalue weighted by atomic mass is 32.2. The van der Waals surface area contributed by atoms with E-state index in [1.165, 1.54) is 28.1 Å². The Kier molecular flexibility index (Phi) is 7.43. The predicted molar refractivity (Wildman–Crippen MR) is 137 cm³/mol. The third-order valence-electron chi connectivity index (χ3n) is 5.19. The number of rotatable bonds is 8. The van der Waals surface area contributed by atoms with E-state index in [0.717, 1.165) is 21.8 Å². The van der Waals surface area contributed by atoms with Crippen molar-refractivity contribution in [1.82, 2.24) is 5.43 Å². The van der Waals surface area contributed by atoms with Crippen molar-refractivity contribution in [2.24, 2.45) is 5.10 Å². The van der Waals surface area contributed by atoms with Crippen molar-refractivity contribution in [2.45, 2.75) is 30.6 Å². The molecule has 33 heavy (non-hydrogen) atoms. The number of amides is 1. The Bertz CT molecular complexity index is 1250. The summed E-state index contributed by atoms with van der Waals surface area (Å²) < 4.78 is 5.92. The maximum Gasteiger partial charge on any atom is 0.253 e. The number of nitrogens with one attached hydrogen (secondary N) is 1. The standard InChI is InChI=1S/C28H26N2O2S/c1-20-7-15-27(16-8-20)33-21(2)28(31)30-29-18-22-10-13-26(14-11-22)32-19-23-9-12-24-5-3-4-6-25(24)17-23/h3-18,21H,19H2,1-2H3,(H,30,31)/b29-18-/t21-/m1/s1. The summed E-state index contributed by atoms with van der Waals surface area (Å²) in [6.45, 7) is 4.42. The van der Waals surface area contributed by atoms with Gasteiger partial charge in [0.2, 0.25) is 0 Å². The van der Waals surface area contributed by atoms with Gasteiger partial charge < -0.3 is 4.74 Å². The Hall–Kier alpha value is -3.57. The molecule has 0 aromatic heterocycles. The van der Waals surface area contributed by atoms with E-state index in [-0.39, 0.29) is 11.2 Å². The van der Waals surface area contributed by atoms with Crippen LogP contribution in [0.4, 0.5) is 0 Å². The van der Waals surface area contributed by atoms with E-state index in [4.69, 9.17) is 4.74 Å². The second-order valence-corrected chi connectivity index (χ2v) is 9.26. The minimum Gasteiger partial charge on any atom is -0.489 e. The van der Waals surface area contributed by atoms with E-state index in [2.05, 4.69) is 40.9 Å².